The molecule has 0 N–H and O–H groups in total. The molecule has 0 aliphatic heterocycles. The highest BCUT2D eigenvalue weighted by molar-refractivity contribution is 7.78. The van der Waals surface area contributed by atoms with E-state index in [2.05, 4.69) is 71.1 Å². The molecule has 0 aliphatic carbocycles. The van der Waals surface area contributed by atoms with Crippen molar-refractivity contribution in [3.8, 4) is 0 Å². The summed E-state index contributed by atoms with van der Waals surface area (Å²) in [5.41, 5.74) is 4.07. The summed E-state index contributed by atoms with van der Waals surface area (Å²) in [4.78, 5) is 4.95. The lowest BCUT2D eigenvalue weighted by atomic mass is 10.1. The van der Waals surface area contributed by atoms with Gasteiger partial charge in [-0.3, -0.25) is 4.40 Å². The maximum absolute atomic E-state index is 14.4. The zero-order valence-corrected chi connectivity index (χ0v) is 19.5. The maximum atomic E-state index is 14.4. The molecule has 162 valence electrons. The molecular weight excluding hydrogens is 435 g/mol. The molecule has 7 rings (SSSR count). The minimum Gasteiger partial charge on any atom is -0.314 e. The van der Waals surface area contributed by atoms with Gasteiger partial charge in [-0.1, -0.05) is 78.9 Å². The average molecular weight is 456 g/mol. The van der Waals surface area contributed by atoms with E-state index in [1.54, 1.807) is 0 Å². The number of para-hydroxylation sites is 2. The predicted molar refractivity (Wildman–Crippen MR) is 144 cm³/mol. The van der Waals surface area contributed by atoms with Crippen LogP contribution < -0.4 is 10.6 Å². The van der Waals surface area contributed by atoms with Crippen molar-refractivity contribution in [1.29, 1.82) is 0 Å². The minimum atomic E-state index is -2.84. The van der Waals surface area contributed by atoms with Crippen LogP contribution in [0, 0.1) is 0 Å². The van der Waals surface area contributed by atoms with Crippen molar-refractivity contribution in [2.75, 3.05) is 6.66 Å². The second-order valence-corrected chi connectivity index (χ2v) is 11.8. The van der Waals surface area contributed by atoms with Crippen LogP contribution in [0.15, 0.2) is 109 Å². The average Bonchev–Trinajstić information content (AvgIpc) is 3.28. The molecular formula is C30H21N2OP. The van der Waals surface area contributed by atoms with Gasteiger partial charge in [0, 0.05) is 21.4 Å². The first-order valence-electron chi connectivity index (χ1n) is 11.4. The third kappa shape index (κ3) is 2.65. The van der Waals surface area contributed by atoms with Crippen molar-refractivity contribution in [3.63, 3.8) is 0 Å². The van der Waals surface area contributed by atoms with Crippen LogP contribution in [0.3, 0.4) is 0 Å². The number of hydrogen-bond donors (Lipinski definition) is 0. The Hall–Kier alpha value is -3.94. The van der Waals surface area contributed by atoms with Crippen molar-refractivity contribution < 1.29 is 4.57 Å². The summed E-state index contributed by atoms with van der Waals surface area (Å²) in [6, 6.07) is 37.2. The Balaban J connectivity index is 1.59. The van der Waals surface area contributed by atoms with Gasteiger partial charge in [-0.25, -0.2) is 4.98 Å². The Morgan fingerprint density at radius 2 is 1.35 bits per heavy atom. The van der Waals surface area contributed by atoms with Crippen molar-refractivity contribution in [2.45, 2.75) is 0 Å². The number of pyridine rings is 1. The molecule has 0 saturated heterocycles. The van der Waals surface area contributed by atoms with Crippen LogP contribution in [0.5, 0.6) is 0 Å². The number of rotatable bonds is 2. The highest BCUT2D eigenvalue weighted by atomic mass is 31.2. The summed E-state index contributed by atoms with van der Waals surface area (Å²) in [6.07, 6.45) is 0. The molecule has 4 heteroatoms. The van der Waals surface area contributed by atoms with Gasteiger partial charge < -0.3 is 4.57 Å². The van der Waals surface area contributed by atoms with E-state index in [0.29, 0.717) is 0 Å². The highest BCUT2D eigenvalue weighted by Crippen LogP contribution is 2.42. The summed E-state index contributed by atoms with van der Waals surface area (Å²) in [7, 11) is -2.84. The van der Waals surface area contributed by atoms with E-state index in [9.17, 15) is 4.57 Å². The van der Waals surface area contributed by atoms with Crippen molar-refractivity contribution >= 4 is 66.9 Å². The SMILES string of the molecule is CP(=O)(c1ccc2c(c1)c1ccccc1c1nc3ccccc3n21)c1cccc2ccccc12. The first kappa shape index (κ1) is 19.5. The Bertz CT molecular complexity index is 1960. The lowest BCUT2D eigenvalue weighted by Crippen LogP contribution is -2.16. The third-order valence-corrected chi connectivity index (χ3v) is 9.53. The van der Waals surface area contributed by atoms with Crippen LogP contribution in [0.4, 0.5) is 0 Å². The van der Waals surface area contributed by atoms with Gasteiger partial charge >= 0.3 is 0 Å². The summed E-state index contributed by atoms with van der Waals surface area (Å²) in [6.45, 7) is 1.89. The number of benzene rings is 5. The van der Waals surface area contributed by atoms with Gasteiger partial charge in [-0.15, -0.1) is 0 Å². The van der Waals surface area contributed by atoms with E-state index >= 15 is 0 Å². The molecule has 1 unspecified atom stereocenters. The lowest BCUT2D eigenvalue weighted by molar-refractivity contribution is 0.590. The molecule has 3 nitrogen and oxygen atoms in total. The monoisotopic (exact) mass is 456 g/mol. The molecule has 0 saturated carbocycles. The molecule has 34 heavy (non-hydrogen) atoms. The van der Waals surface area contributed by atoms with E-state index in [0.717, 1.165) is 59.7 Å². The molecule has 0 fully saturated rings. The van der Waals surface area contributed by atoms with E-state index in [1.165, 1.54) is 0 Å². The van der Waals surface area contributed by atoms with E-state index in [4.69, 9.17) is 4.98 Å². The van der Waals surface area contributed by atoms with Gasteiger partial charge in [0.2, 0.25) is 0 Å². The molecule has 0 aliphatic rings. The smallest absolute Gasteiger partial charge is 0.146 e. The van der Waals surface area contributed by atoms with E-state index in [-0.39, 0.29) is 0 Å². The first-order chi connectivity index (χ1) is 16.6. The molecule has 2 aromatic heterocycles. The van der Waals surface area contributed by atoms with Gasteiger partial charge in [0.25, 0.3) is 0 Å². The number of nitrogens with zero attached hydrogens (tertiary/aromatic N) is 2. The van der Waals surface area contributed by atoms with Crippen LogP contribution in [-0.2, 0) is 4.57 Å². The summed E-state index contributed by atoms with van der Waals surface area (Å²) in [5, 5.41) is 7.25. The lowest BCUT2D eigenvalue weighted by Gasteiger charge is -2.18. The van der Waals surface area contributed by atoms with Crippen molar-refractivity contribution in [2.24, 2.45) is 0 Å². The molecule has 5 aromatic carbocycles. The number of aromatic nitrogens is 2. The van der Waals surface area contributed by atoms with E-state index < -0.39 is 7.14 Å². The normalized spacial score (nSPS) is 13.8. The fourth-order valence-electron chi connectivity index (χ4n) is 5.28. The maximum Gasteiger partial charge on any atom is 0.146 e. The van der Waals surface area contributed by atoms with Crippen LogP contribution in [0.25, 0.3) is 49.1 Å². The second kappa shape index (κ2) is 7.03. The molecule has 2 heterocycles. The number of hydrogen-bond acceptors (Lipinski definition) is 2. The molecule has 7 aromatic rings. The van der Waals surface area contributed by atoms with Crippen LogP contribution in [-0.4, -0.2) is 16.0 Å². The van der Waals surface area contributed by atoms with Crippen LogP contribution in [0.1, 0.15) is 0 Å². The largest absolute Gasteiger partial charge is 0.314 e. The zero-order valence-electron chi connectivity index (χ0n) is 18.6. The third-order valence-electron chi connectivity index (χ3n) is 6.96. The molecule has 0 bridgehead atoms. The predicted octanol–water partition coefficient (Wildman–Crippen LogP) is 6.89. The Kier molecular flexibility index (Phi) is 4.04. The Morgan fingerprint density at radius 3 is 2.24 bits per heavy atom. The van der Waals surface area contributed by atoms with Crippen molar-refractivity contribution in [1.82, 2.24) is 9.38 Å². The minimum absolute atomic E-state index is 0.866. The van der Waals surface area contributed by atoms with Gasteiger partial charge in [0.15, 0.2) is 0 Å². The zero-order chi connectivity index (χ0) is 22.9. The van der Waals surface area contributed by atoms with Gasteiger partial charge in [0.05, 0.1) is 16.6 Å². The van der Waals surface area contributed by atoms with Crippen molar-refractivity contribution in [3.05, 3.63) is 109 Å². The summed E-state index contributed by atoms with van der Waals surface area (Å²) >= 11 is 0. The topological polar surface area (TPSA) is 34.4 Å². The summed E-state index contributed by atoms with van der Waals surface area (Å²) in [5.74, 6) is 0. The van der Waals surface area contributed by atoms with Gasteiger partial charge in [-0.05, 0) is 53.2 Å². The molecule has 0 spiro atoms. The molecule has 0 radical (unpaired) electrons. The fraction of sp³-hybridized carbons (Fsp3) is 0.0333. The van der Waals surface area contributed by atoms with Crippen LogP contribution in [0.2, 0.25) is 0 Å². The number of fused-ring (bicyclic) bond motifs is 9. The molecule has 0 amide bonds. The van der Waals surface area contributed by atoms with Gasteiger partial charge in [0.1, 0.15) is 12.8 Å². The summed E-state index contributed by atoms with van der Waals surface area (Å²) < 4.78 is 16.6. The second-order valence-electron chi connectivity index (χ2n) is 8.93. The standard InChI is InChI=1S/C30H21N2OP/c1-34(33,29-16-8-10-20-9-2-3-11-22(20)29)21-17-18-27-25(19-21)23-12-4-5-13-24(23)30-31-26-14-6-7-15-28(26)32(27)30/h2-19H,1H3. The Labute approximate surface area is 196 Å². The van der Waals surface area contributed by atoms with E-state index in [1.807, 2.05) is 49.1 Å². The first-order valence-corrected chi connectivity index (χ1v) is 13.6. The van der Waals surface area contributed by atoms with Gasteiger partial charge in [-0.2, -0.15) is 0 Å². The number of imidazole rings is 1. The fourth-order valence-corrected chi connectivity index (χ4v) is 7.33. The Morgan fingerprint density at radius 1 is 0.647 bits per heavy atom. The quantitative estimate of drug-likeness (QED) is 0.210. The molecule has 1 atom stereocenters. The van der Waals surface area contributed by atoms with Crippen LogP contribution >= 0.6 is 7.14 Å². The highest BCUT2D eigenvalue weighted by Gasteiger charge is 2.24.